The van der Waals surface area contributed by atoms with Gasteiger partial charge in [0.05, 0.1) is 6.10 Å². The summed E-state index contributed by atoms with van der Waals surface area (Å²) in [5, 5.41) is 12.3. The third-order valence-corrected chi connectivity index (χ3v) is 2.25. The third kappa shape index (κ3) is 3.25. The van der Waals surface area contributed by atoms with Gasteiger partial charge in [-0.3, -0.25) is 0 Å². The van der Waals surface area contributed by atoms with Crippen LogP contribution in [-0.2, 0) is 0 Å². The zero-order chi connectivity index (χ0) is 8.81. The summed E-state index contributed by atoms with van der Waals surface area (Å²) >= 11 is 0. The smallest absolute Gasteiger partial charge is 0.0546 e. The predicted octanol–water partition coefficient (Wildman–Crippen LogP) is 0.760. The lowest BCUT2D eigenvalue weighted by atomic mass is 9.82. The zero-order valence-electron chi connectivity index (χ0n) is 7.64. The summed E-state index contributed by atoms with van der Waals surface area (Å²) in [6.45, 7) is 3.89. The second kappa shape index (κ2) is 5.18. The van der Waals surface area contributed by atoms with Crippen LogP contribution in [-0.4, -0.2) is 24.3 Å². The summed E-state index contributed by atoms with van der Waals surface area (Å²) in [4.78, 5) is 0. The number of hydrogen-bond donors (Lipinski definition) is 2. The van der Waals surface area contributed by atoms with Crippen molar-refractivity contribution in [2.75, 3.05) is 13.1 Å². The second-order valence-corrected chi connectivity index (χ2v) is 3.37. The molecule has 1 rings (SSSR count). The van der Waals surface area contributed by atoms with E-state index in [2.05, 4.69) is 17.2 Å². The first kappa shape index (κ1) is 9.57. The molecule has 1 saturated carbocycles. The van der Waals surface area contributed by atoms with Crippen LogP contribution in [0.5, 0.6) is 0 Å². The molecule has 2 heteroatoms. The van der Waals surface area contributed by atoms with Crippen molar-refractivity contribution in [3.05, 3.63) is 0 Å². The lowest BCUT2D eigenvalue weighted by Gasteiger charge is -2.31. The SMILES string of the molecule is CC#CCCNCC1CC(O)C1. The van der Waals surface area contributed by atoms with Crippen LogP contribution in [0.4, 0.5) is 0 Å². The first-order chi connectivity index (χ1) is 5.83. The van der Waals surface area contributed by atoms with Crippen LogP contribution in [0, 0.1) is 17.8 Å². The molecule has 2 nitrogen and oxygen atoms in total. The molecule has 0 spiro atoms. The van der Waals surface area contributed by atoms with E-state index in [4.69, 9.17) is 5.11 Å². The standard InChI is InChI=1S/C10H17NO/c1-2-3-4-5-11-8-9-6-10(12)7-9/h9-12H,4-8H2,1H3. The van der Waals surface area contributed by atoms with Crippen molar-refractivity contribution in [1.82, 2.24) is 5.32 Å². The van der Waals surface area contributed by atoms with Crippen LogP contribution in [0.25, 0.3) is 0 Å². The third-order valence-electron chi connectivity index (χ3n) is 2.25. The van der Waals surface area contributed by atoms with Crippen molar-refractivity contribution < 1.29 is 5.11 Å². The van der Waals surface area contributed by atoms with Crippen molar-refractivity contribution in [1.29, 1.82) is 0 Å². The van der Waals surface area contributed by atoms with Crippen molar-refractivity contribution in [2.45, 2.75) is 32.3 Å². The second-order valence-electron chi connectivity index (χ2n) is 3.37. The van der Waals surface area contributed by atoms with Gasteiger partial charge < -0.3 is 10.4 Å². The molecule has 0 unspecified atom stereocenters. The molecule has 1 aliphatic carbocycles. The maximum atomic E-state index is 9.01. The van der Waals surface area contributed by atoms with E-state index in [-0.39, 0.29) is 6.10 Å². The predicted molar refractivity (Wildman–Crippen MR) is 49.7 cm³/mol. The van der Waals surface area contributed by atoms with Crippen LogP contribution in [0.3, 0.4) is 0 Å². The molecule has 0 atom stereocenters. The van der Waals surface area contributed by atoms with E-state index in [9.17, 15) is 0 Å². The molecule has 1 fully saturated rings. The van der Waals surface area contributed by atoms with Gasteiger partial charge in [-0.2, -0.15) is 0 Å². The molecule has 0 saturated heterocycles. The van der Waals surface area contributed by atoms with Crippen LogP contribution in [0.1, 0.15) is 26.2 Å². The van der Waals surface area contributed by atoms with Gasteiger partial charge in [-0.05, 0) is 32.2 Å². The van der Waals surface area contributed by atoms with E-state index < -0.39 is 0 Å². The minimum absolute atomic E-state index is 0.0211. The molecular formula is C10H17NO. The largest absolute Gasteiger partial charge is 0.393 e. The Kier molecular flexibility index (Phi) is 4.13. The minimum atomic E-state index is -0.0211. The molecular weight excluding hydrogens is 150 g/mol. The van der Waals surface area contributed by atoms with Gasteiger partial charge in [-0.25, -0.2) is 0 Å². The van der Waals surface area contributed by atoms with Crippen LogP contribution in [0.2, 0.25) is 0 Å². The topological polar surface area (TPSA) is 32.3 Å². The van der Waals surface area contributed by atoms with Crippen molar-refractivity contribution in [3.63, 3.8) is 0 Å². The van der Waals surface area contributed by atoms with Crippen molar-refractivity contribution >= 4 is 0 Å². The normalized spacial score (nSPS) is 27.2. The first-order valence-electron chi connectivity index (χ1n) is 4.61. The zero-order valence-corrected chi connectivity index (χ0v) is 7.64. The van der Waals surface area contributed by atoms with E-state index in [1.165, 1.54) is 0 Å². The monoisotopic (exact) mass is 167 g/mol. The van der Waals surface area contributed by atoms with E-state index in [0.29, 0.717) is 5.92 Å². The Morgan fingerprint density at radius 3 is 2.83 bits per heavy atom. The molecule has 0 amide bonds. The Balaban J connectivity index is 1.85. The van der Waals surface area contributed by atoms with Crippen LogP contribution >= 0.6 is 0 Å². The Morgan fingerprint density at radius 1 is 1.50 bits per heavy atom. The van der Waals surface area contributed by atoms with E-state index in [0.717, 1.165) is 32.4 Å². The number of aliphatic hydroxyl groups is 1. The molecule has 12 heavy (non-hydrogen) atoms. The molecule has 0 aromatic carbocycles. The van der Waals surface area contributed by atoms with Gasteiger partial charge in [0.25, 0.3) is 0 Å². The quantitative estimate of drug-likeness (QED) is 0.478. The van der Waals surface area contributed by atoms with Gasteiger partial charge in [-0.1, -0.05) is 0 Å². The average Bonchev–Trinajstić information content (AvgIpc) is 2.00. The fraction of sp³-hybridized carbons (Fsp3) is 0.800. The van der Waals surface area contributed by atoms with Gasteiger partial charge in [0.2, 0.25) is 0 Å². The molecule has 0 aromatic rings. The molecule has 1 aliphatic rings. The summed E-state index contributed by atoms with van der Waals surface area (Å²) in [5.74, 6) is 6.57. The molecule has 0 bridgehead atoms. The number of nitrogens with one attached hydrogen (secondary N) is 1. The van der Waals surface area contributed by atoms with Crippen LogP contribution < -0.4 is 5.32 Å². The summed E-state index contributed by atoms with van der Waals surface area (Å²) in [7, 11) is 0. The summed E-state index contributed by atoms with van der Waals surface area (Å²) in [6, 6.07) is 0. The minimum Gasteiger partial charge on any atom is -0.393 e. The van der Waals surface area contributed by atoms with Gasteiger partial charge in [0, 0.05) is 13.0 Å². The number of aliphatic hydroxyl groups excluding tert-OH is 1. The van der Waals surface area contributed by atoms with Crippen molar-refractivity contribution in [2.24, 2.45) is 5.92 Å². The highest BCUT2D eigenvalue weighted by molar-refractivity contribution is 4.95. The fourth-order valence-electron chi connectivity index (χ4n) is 1.45. The molecule has 0 aliphatic heterocycles. The maximum absolute atomic E-state index is 9.01. The van der Waals surface area contributed by atoms with Crippen molar-refractivity contribution in [3.8, 4) is 11.8 Å². The highest BCUT2D eigenvalue weighted by atomic mass is 16.3. The van der Waals surface area contributed by atoms with Gasteiger partial charge >= 0.3 is 0 Å². The summed E-state index contributed by atoms with van der Waals surface area (Å²) in [6.07, 6.45) is 2.87. The van der Waals surface area contributed by atoms with Crippen LogP contribution in [0.15, 0.2) is 0 Å². The highest BCUT2D eigenvalue weighted by Crippen LogP contribution is 2.25. The van der Waals surface area contributed by atoms with Gasteiger partial charge in [0.15, 0.2) is 0 Å². The van der Waals surface area contributed by atoms with E-state index in [1.807, 2.05) is 6.92 Å². The molecule has 2 N–H and O–H groups in total. The Bertz CT molecular complexity index is 174. The molecule has 0 aromatic heterocycles. The Labute approximate surface area is 74.4 Å². The Hall–Kier alpha value is -0.520. The first-order valence-corrected chi connectivity index (χ1v) is 4.61. The maximum Gasteiger partial charge on any atom is 0.0546 e. The highest BCUT2D eigenvalue weighted by Gasteiger charge is 2.26. The lowest BCUT2D eigenvalue weighted by Crippen LogP contribution is -2.36. The van der Waals surface area contributed by atoms with Gasteiger partial charge in [0.1, 0.15) is 0 Å². The fourth-order valence-corrected chi connectivity index (χ4v) is 1.45. The van der Waals surface area contributed by atoms with E-state index in [1.54, 1.807) is 0 Å². The summed E-state index contributed by atoms with van der Waals surface area (Å²) < 4.78 is 0. The molecule has 0 radical (unpaired) electrons. The Morgan fingerprint density at radius 2 is 2.25 bits per heavy atom. The molecule has 68 valence electrons. The number of rotatable bonds is 4. The van der Waals surface area contributed by atoms with Gasteiger partial charge in [-0.15, -0.1) is 11.8 Å². The summed E-state index contributed by atoms with van der Waals surface area (Å²) in [5.41, 5.74) is 0. The lowest BCUT2D eigenvalue weighted by molar-refractivity contribution is 0.0432. The average molecular weight is 167 g/mol. The van der Waals surface area contributed by atoms with E-state index >= 15 is 0 Å². The molecule has 0 heterocycles. The number of hydrogen-bond acceptors (Lipinski definition) is 2.